The Hall–Kier alpha value is -2.97. The van der Waals surface area contributed by atoms with Gasteiger partial charge in [0.2, 0.25) is 5.78 Å². The van der Waals surface area contributed by atoms with Gasteiger partial charge in [0.25, 0.3) is 10.1 Å². The topological polar surface area (TPSA) is 87.8 Å². The zero-order valence-corrected chi connectivity index (χ0v) is 17.1. The first-order chi connectivity index (χ1) is 13.8. The third-order valence-electron chi connectivity index (χ3n) is 4.99. The summed E-state index contributed by atoms with van der Waals surface area (Å²) < 4.78 is 34.6. The minimum absolute atomic E-state index is 0.0191. The number of aromatic nitrogens is 3. The number of fused-ring (bicyclic) bond motifs is 3. The van der Waals surface area contributed by atoms with Crippen molar-refractivity contribution in [2.45, 2.75) is 24.7 Å². The molecule has 7 nitrogen and oxygen atoms in total. The van der Waals surface area contributed by atoms with Crippen LogP contribution in [0.2, 0.25) is 0 Å². The number of hydrogen-bond donors (Lipinski definition) is 1. The van der Waals surface area contributed by atoms with Crippen LogP contribution in [0.3, 0.4) is 0 Å². The molecule has 29 heavy (non-hydrogen) atoms. The van der Waals surface area contributed by atoms with Crippen molar-refractivity contribution in [1.29, 1.82) is 0 Å². The van der Waals surface area contributed by atoms with Crippen LogP contribution < -0.4 is 4.90 Å². The highest BCUT2D eigenvalue weighted by Crippen LogP contribution is 2.21. The van der Waals surface area contributed by atoms with Gasteiger partial charge in [0.15, 0.2) is 0 Å². The molecule has 150 valence electrons. The van der Waals surface area contributed by atoms with Crippen LogP contribution in [0.4, 0.5) is 5.82 Å². The molecule has 0 fully saturated rings. The van der Waals surface area contributed by atoms with Crippen molar-refractivity contribution in [3.8, 4) is 0 Å². The summed E-state index contributed by atoms with van der Waals surface area (Å²) >= 11 is 0. The summed E-state index contributed by atoms with van der Waals surface area (Å²) in [4.78, 5) is 11.2. The molecule has 0 spiro atoms. The first kappa shape index (κ1) is 19.4. The van der Waals surface area contributed by atoms with Crippen LogP contribution in [0.5, 0.6) is 0 Å². The van der Waals surface area contributed by atoms with Gasteiger partial charge in [-0.05, 0) is 49.6 Å². The van der Waals surface area contributed by atoms with Crippen LogP contribution in [-0.2, 0) is 16.5 Å². The Labute approximate surface area is 169 Å². The molecule has 0 saturated heterocycles. The summed E-state index contributed by atoms with van der Waals surface area (Å²) in [7, 11) is -2.28. The molecule has 0 atom stereocenters. The van der Waals surface area contributed by atoms with Gasteiger partial charge in [0, 0.05) is 19.8 Å². The van der Waals surface area contributed by atoms with Crippen molar-refractivity contribution in [2.24, 2.45) is 0 Å². The van der Waals surface area contributed by atoms with Gasteiger partial charge in [0.05, 0.1) is 15.9 Å². The van der Waals surface area contributed by atoms with E-state index in [-0.39, 0.29) is 4.90 Å². The average Bonchev–Trinajstić information content (AvgIpc) is 3.04. The third-order valence-corrected chi connectivity index (χ3v) is 5.94. The molecule has 8 heteroatoms. The molecule has 1 N–H and O–H groups in total. The fourth-order valence-corrected chi connectivity index (χ4v) is 4.26. The maximum atomic E-state index is 11.6. The zero-order valence-electron chi connectivity index (χ0n) is 16.3. The molecule has 4 rings (SSSR count). The number of aryl methyl sites for hydroxylation is 2. The highest BCUT2D eigenvalue weighted by molar-refractivity contribution is 7.85. The highest BCUT2D eigenvalue weighted by atomic mass is 32.2. The number of benzene rings is 2. The van der Waals surface area contributed by atoms with Gasteiger partial charge < -0.3 is 4.90 Å². The van der Waals surface area contributed by atoms with Gasteiger partial charge in [-0.15, -0.1) is 0 Å². The lowest BCUT2D eigenvalue weighted by Gasteiger charge is -2.18. The normalized spacial score (nSPS) is 12.0. The molecule has 0 radical (unpaired) electrons. The molecule has 2 aromatic heterocycles. The lowest BCUT2D eigenvalue weighted by atomic mass is 10.1. The number of para-hydroxylation sites is 2. The first-order valence-electron chi connectivity index (χ1n) is 9.35. The molecule has 2 aromatic carbocycles. The van der Waals surface area contributed by atoms with Gasteiger partial charge >= 0.3 is 0 Å². The number of nitrogens with zero attached hydrogens (tertiary/aromatic N) is 4. The number of rotatable bonds is 6. The number of hydrogen-bond acceptors (Lipinski definition) is 5. The molecular weight excluding hydrogens is 388 g/mol. The van der Waals surface area contributed by atoms with Crippen molar-refractivity contribution in [3.05, 3.63) is 65.9 Å². The standard InChI is InChI=1S/C21H22N4O3S/c1-15-9-10-19(29(26,27)28)16(14-15)6-5-12-24(2)20-11-13-25-18-8-4-3-7-17(18)22-21(25)23-20/h3-4,7-11,13-14H,5-6,12H2,1-2H3,(H,26,27,28). The quantitative estimate of drug-likeness (QED) is 0.490. The molecule has 0 aliphatic rings. The first-order valence-corrected chi connectivity index (χ1v) is 10.8. The maximum absolute atomic E-state index is 11.6. The fourth-order valence-electron chi connectivity index (χ4n) is 3.53. The van der Waals surface area contributed by atoms with Gasteiger partial charge in [-0.25, -0.2) is 4.98 Å². The van der Waals surface area contributed by atoms with Gasteiger partial charge in [-0.2, -0.15) is 13.4 Å². The predicted octanol–water partition coefficient (Wildman–Crippen LogP) is 3.51. The molecule has 0 amide bonds. The lowest BCUT2D eigenvalue weighted by molar-refractivity contribution is 0.482. The van der Waals surface area contributed by atoms with Crippen LogP contribution in [0.25, 0.3) is 16.8 Å². The van der Waals surface area contributed by atoms with Crippen molar-refractivity contribution >= 4 is 32.7 Å². The van der Waals surface area contributed by atoms with E-state index in [4.69, 9.17) is 0 Å². The van der Waals surface area contributed by atoms with E-state index in [0.717, 1.165) is 22.4 Å². The van der Waals surface area contributed by atoms with E-state index in [1.54, 1.807) is 6.07 Å². The monoisotopic (exact) mass is 410 g/mol. The SMILES string of the molecule is Cc1ccc(S(=O)(=O)O)c(CCCN(C)c2ccn3c(n2)nc2ccccc23)c1. The molecule has 0 bridgehead atoms. The van der Waals surface area contributed by atoms with E-state index in [2.05, 4.69) is 9.97 Å². The Morgan fingerprint density at radius 3 is 2.69 bits per heavy atom. The van der Waals surface area contributed by atoms with E-state index in [1.165, 1.54) is 6.07 Å². The largest absolute Gasteiger partial charge is 0.360 e. The highest BCUT2D eigenvalue weighted by Gasteiger charge is 2.15. The van der Waals surface area contributed by atoms with E-state index < -0.39 is 10.1 Å². The third kappa shape index (κ3) is 3.94. The Morgan fingerprint density at radius 2 is 1.90 bits per heavy atom. The van der Waals surface area contributed by atoms with Gasteiger partial charge in [-0.1, -0.05) is 29.8 Å². The second-order valence-corrected chi connectivity index (χ2v) is 8.56. The van der Waals surface area contributed by atoms with Crippen molar-refractivity contribution in [1.82, 2.24) is 14.4 Å². The molecular formula is C21H22N4O3S. The van der Waals surface area contributed by atoms with Crippen LogP contribution >= 0.6 is 0 Å². The Bertz CT molecular complexity index is 1300. The minimum atomic E-state index is -4.23. The molecule has 0 aliphatic carbocycles. The Morgan fingerprint density at radius 1 is 1.10 bits per heavy atom. The van der Waals surface area contributed by atoms with E-state index >= 15 is 0 Å². The van der Waals surface area contributed by atoms with E-state index in [9.17, 15) is 13.0 Å². The zero-order chi connectivity index (χ0) is 20.6. The van der Waals surface area contributed by atoms with E-state index in [1.807, 2.05) is 65.9 Å². The van der Waals surface area contributed by atoms with Gasteiger partial charge in [-0.3, -0.25) is 8.95 Å². The van der Waals surface area contributed by atoms with E-state index in [0.29, 0.717) is 30.7 Å². The summed E-state index contributed by atoms with van der Waals surface area (Å²) in [6.07, 6.45) is 3.21. The smallest absolute Gasteiger partial charge is 0.294 e. The predicted molar refractivity (Wildman–Crippen MR) is 113 cm³/mol. The fraction of sp³-hybridized carbons (Fsp3) is 0.238. The van der Waals surface area contributed by atoms with Crippen LogP contribution in [-0.4, -0.2) is 40.9 Å². The van der Waals surface area contributed by atoms with Crippen LogP contribution in [0.1, 0.15) is 17.5 Å². The number of anilines is 1. The van der Waals surface area contributed by atoms with Gasteiger partial charge in [0.1, 0.15) is 5.82 Å². The molecule has 0 unspecified atom stereocenters. The second-order valence-electron chi connectivity index (χ2n) is 7.17. The van der Waals surface area contributed by atoms with Crippen molar-refractivity contribution in [3.63, 3.8) is 0 Å². The summed E-state index contributed by atoms with van der Waals surface area (Å²) in [6, 6.07) is 14.8. The molecule has 2 heterocycles. The number of imidazole rings is 1. The summed E-state index contributed by atoms with van der Waals surface area (Å²) in [5.74, 6) is 1.44. The Kier molecular flexibility index (Phi) is 4.97. The Balaban J connectivity index is 1.50. The van der Waals surface area contributed by atoms with Crippen LogP contribution in [0, 0.1) is 6.92 Å². The maximum Gasteiger partial charge on any atom is 0.294 e. The lowest BCUT2D eigenvalue weighted by Crippen LogP contribution is -2.20. The second kappa shape index (κ2) is 7.46. The summed E-state index contributed by atoms with van der Waals surface area (Å²) in [5, 5.41) is 0. The molecule has 4 aromatic rings. The molecule has 0 aliphatic heterocycles. The summed E-state index contributed by atoms with van der Waals surface area (Å²) in [6.45, 7) is 2.58. The summed E-state index contributed by atoms with van der Waals surface area (Å²) in [5.41, 5.74) is 3.50. The van der Waals surface area contributed by atoms with Crippen LogP contribution in [0.15, 0.2) is 59.6 Å². The average molecular weight is 410 g/mol. The van der Waals surface area contributed by atoms with Crippen molar-refractivity contribution < 1.29 is 13.0 Å². The minimum Gasteiger partial charge on any atom is -0.360 e. The molecule has 0 saturated carbocycles. The van der Waals surface area contributed by atoms with Crippen molar-refractivity contribution in [2.75, 3.05) is 18.5 Å².